The highest BCUT2D eigenvalue weighted by Gasteiger charge is 2.18. The van der Waals surface area contributed by atoms with Crippen LogP contribution in [0, 0.1) is 5.92 Å². The van der Waals surface area contributed by atoms with Crippen LogP contribution in [0.2, 0.25) is 0 Å². The maximum atomic E-state index is 11.5. The number of aliphatic hydroxyl groups is 2. The molecule has 0 aliphatic carbocycles. The molecular formula is C21H32O7. The molecule has 1 aromatic rings. The van der Waals surface area contributed by atoms with Crippen molar-refractivity contribution in [2.24, 2.45) is 5.92 Å². The van der Waals surface area contributed by atoms with Gasteiger partial charge in [-0.1, -0.05) is 38.8 Å². The predicted octanol–water partition coefficient (Wildman–Crippen LogP) is 2.89. The van der Waals surface area contributed by atoms with Crippen LogP contribution in [0.1, 0.15) is 45.1 Å². The number of aliphatic carboxylic acids is 1. The van der Waals surface area contributed by atoms with Crippen LogP contribution in [0.5, 0.6) is 5.75 Å². The van der Waals surface area contributed by atoms with Crippen LogP contribution < -0.4 is 4.74 Å². The molecule has 158 valence electrons. The molecule has 0 aliphatic heterocycles. The van der Waals surface area contributed by atoms with Gasteiger partial charge in [-0.15, -0.1) is 0 Å². The molecule has 3 N–H and O–H groups in total. The van der Waals surface area contributed by atoms with Crippen molar-refractivity contribution in [2.45, 2.75) is 45.6 Å². The minimum absolute atomic E-state index is 0.0733. The van der Waals surface area contributed by atoms with E-state index in [1.165, 1.54) is 6.08 Å². The van der Waals surface area contributed by atoms with Crippen LogP contribution in [0.25, 0.3) is 6.08 Å². The van der Waals surface area contributed by atoms with E-state index < -0.39 is 12.1 Å². The first-order chi connectivity index (χ1) is 13.4. The van der Waals surface area contributed by atoms with Crippen molar-refractivity contribution in [3.05, 3.63) is 35.9 Å². The lowest BCUT2D eigenvalue weighted by Crippen LogP contribution is -2.25. The largest absolute Gasteiger partial charge is 0.497 e. The summed E-state index contributed by atoms with van der Waals surface area (Å²) in [5, 5.41) is 25.9. The minimum Gasteiger partial charge on any atom is -0.497 e. The van der Waals surface area contributed by atoms with Crippen molar-refractivity contribution in [2.75, 3.05) is 20.3 Å². The average Bonchev–Trinajstić information content (AvgIpc) is 2.71. The first kappa shape index (κ1) is 25.6. The summed E-state index contributed by atoms with van der Waals surface area (Å²) in [5.41, 5.74) is 0.836. The van der Waals surface area contributed by atoms with Crippen LogP contribution in [-0.2, 0) is 14.3 Å². The van der Waals surface area contributed by atoms with Gasteiger partial charge in [0.05, 0.1) is 19.6 Å². The van der Waals surface area contributed by atoms with Gasteiger partial charge in [0.15, 0.2) is 0 Å². The van der Waals surface area contributed by atoms with Crippen LogP contribution in [-0.4, -0.2) is 53.7 Å². The number of rotatable bonds is 11. The molecule has 0 saturated carbocycles. The fraction of sp³-hybridized carbons (Fsp3) is 0.524. The van der Waals surface area contributed by atoms with E-state index in [2.05, 4.69) is 6.92 Å². The second-order valence-corrected chi connectivity index (χ2v) is 6.16. The fourth-order valence-corrected chi connectivity index (χ4v) is 2.17. The van der Waals surface area contributed by atoms with Gasteiger partial charge in [-0.3, -0.25) is 4.79 Å². The molecule has 0 amide bonds. The Morgan fingerprint density at radius 1 is 1.18 bits per heavy atom. The standard InChI is InChI=1S/C11H22O4.C10H10O3/c1-3-5-6-9(4-2)11(14)15-8-10(13)7-12;1-13-9-5-2-8(3-6-9)4-7-10(11)12/h9-10,12-13H,3-8H2,1-2H3;2-7H,1H3,(H,11,12)/b;7-4+. The number of methoxy groups -OCH3 is 1. The first-order valence-electron chi connectivity index (χ1n) is 9.38. The molecule has 1 aromatic carbocycles. The van der Waals surface area contributed by atoms with E-state index in [1.807, 2.05) is 6.92 Å². The summed E-state index contributed by atoms with van der Waals surface area (Å²) in [6.07, 6.45) is 5.33. The highest BCUT2D eigenvalue weighted by atomic mass is 16.5. The highest BCUT2D eigenvalue weighted by molar-refractivity contribution is 5.85. The monoisotopic (exact) mass is 396 g/mol. The van der Waals surface area contributed by atoms with Gasteiger partial charge in [-0.2, -0.15) is 0 Å². The number of aliphatic hydroxyl groups excluding tert-OH is 2. The Morgan fingerprint density at radius 2 is 1.82 bits per heavy atom. The fourth-order valence-electron chi connectivity index (χ4n) is 2.17. The third kappa shape index (κ3) is 12.1. The van der Waals surface area contributed by atoms with Crippen LogP contribution in [0.15, 0.2) is 30.3 Å². The third-order valence-electron chi connectivity index (χ3n) is 3.90. The zero-order valence-corrected chi connectivity index (χ0v) is 16.8. The number of ether oxygens (including phenoxy) is 2. The lowest BCUT2D eigenvalue weighted by atomic mass is 10.00. The van der Waals surface area contributed by atoms with Gasteiger partial charge >= 0.3 is 11.9 Å². The molecule has 0 saturated heterocycles. The molecule has 0 radical (unpaired) electrons. The van der Waals surface area contributed by atoms with Gasteiger partial charge < -0.3 is 24.8 Å². The Labute approximate surface area is 166 Å². The summed E-state index contributed by atoms with van der Waals surface area (Å²) in [5.74, 6) is -0.530. The number of hydrogen-bond donors (Lipinski definition) is 3. The van der Waals surface area contributed by atoms with Gasteiger partial charge in [0.1, 0.15) is 18.5 Å². The Balaban J connectivity index is 0.000000525. The Kier molecular flexibility index (Phi) is 14.3. The van der Waals surface area contributed by atoms with E-state index in [-0.39, 0.29) is 25.1 Å². The number of esters is 1. The van der Waals surface area contributed by atoms with E-state index in [0.717, 1.165) is 43.1 Å². The molecule has 7 nitrogen and oxygen atoms in total. The Morgan fingerprint density at radius 3 is 2.29 bits per heavy atom. The molecule has 0 aliphatic rings. The molecule has 0 bridgehead atoms. The zero-order valence-electron chi connectivity index (χ0n) is 16.8. The maximum Gasteiger partial charge on any atom is 0.328 e. The van der Waals surface area contributed by atoms with Crippen molar-refractivity contribution >= 4 is 18.0 Å². The molecular weight excluding hydrogens is 364 g/mol. The van der Waals surface area contributed by atoms with Gasteiger partial charge in [0.2, 0.25) is 0 Å². The van der Waals surface area contributed by atoms with Crippen LogP contribution >= 0.6 is 0 Å². The van der Waals surface area contributed by atoms with Crippen LogP contribution in [0.3, 0.4) is 0 Å². The number of carboxylic acids is 1. The summed E-state index contributed by atoms with van der Waals surface area (Å²) in [6.45, 7) is 3.54. The van der Waals surface area contributed by atoms with Crippen LogP contribution in [0.4, 0.5) is 0 Å². The number of carboxylic acid groups (broad SMARTS) is 1. The number of carbonyl (C=O) groups excluding carboxylic acids is 1. The number of benzene rings is 1. The van der Waals surface area contributed by atoms with Crippen molar-refractivity contribution in [1.82, 2.24) is 0 Å². The summed E-state index contributed by atoms with van der Waals surface area (Å²) < 4.78 is 9.85. The molecule has 0 heterocycles. The van der Waals surface area contributed by atoms with E-state index in [9.17, 15) is 9.59 Å². The Hall–Kier alpha value is -2.38. The second kappa shape index (κ2) is 15.7. The molecule has 2 unspecified atom stereocenters. The SMILES string of the molecule is CCCCC(CC)C(=O)OCC(O)CO.COc1ccc(/C=C/C(=O)O)cc1. The van der Waals surface area contributed by atoms with E-state index in [0.29, 0.717) is 0 Å². The summed E-state index contributed by atoms with van der Waals surface area (Å²) in [4.78, 5) is 21.7. The van der Waals surface area contributed by atoms with E-state index in [1.54, 1.807) is 31.4 Å². The van der Waals surface area contributed by atoms with Gasteiger partial charge in [-0.25, -0.2) is 4.79 Å². The smallest absolute Gasteiger partial charge is 0.328 e. The molecule has 1 rings (SSSR count). The predicted molar refractivity (Wildman–Crippen MR) is 107 cm³/mol. The number of carbonyl (C=O) groups is 2. The Bertz CT molecular complexity index is 581. The van der Waals surface area contributed by atoms with Crippen molar-refractivity contribution in [3.63, 3.8) is 0 Å². The summed E-state index contributed by atoms with van der Waals surface area (Å²) in [6, 6.07) is 7.14. The maximum absolute atomic E-state index is 11.5. The molecule has 28 heavy (non-hydrogen) atoms. The second-order valence-electron chi connectivity index (χ2n) is 6.16. The highest BCUT2D eigenvalue weighted by Crippen LogP contribution is 2.14. The lowest BCUT2D eigenvalue weighted by molar-refractivity contribution is -0.152. The van der Waals surface area contributed by atoms with Crippen molar-refractivity contribution in [3.8, 4) is 5.75 Å². The van der Waals surface area contributed by atoms with Gasteiger partial charge in [-0.05, 0) is 36.6 Å². The van der Waals surface area contributed by atoms with Crippen molar-refractivity contribution < 1.29 is 34.4 Å². The minimum atomic E-state index is -0.961. The lowest BCUT2D eigenvalue weighted by Gasteiger charge is -2.15. The van der Waals surface area contributed by atoms with Crippen molar-refractivity contribution in [1.29, 1.82) is 0 Å². The van der Waals surface area contributed by atoms with E-state index in [4.69, 9.17) is 24.8 Å². The van der Waals surface area contributed by atoms with Gasteiger partial charge in [0, 0.05) is 6.08 Å². The molecule has 7 heteroatoms. The zero-order chi connectivity index (χ0) is 21.4. The number of unbranched alkanes of at least 4 members (excludes halogenated alkanes) is 1. The van der Waals surface area contributed by atoms with Gasteiger partial charge in [0.25, 0.3) is 0 Å². The number of hydrogen-bond acceptors (Lipinski definition) is 6. The molecule has 0 aromatic heterocycles. The molecule has 0 spiro atoms. The summed E-state index contributed by atoms with van der Waals surface area (Å²) >= 11 is 0. The van der Waals surface area contributed by atoms with E-state index >= 15 is 0 Å². The average molecular weight is 396 g/mol. The quantitative estimate of drug-likeness (QED) is 0.389. The normalized spacial score (nSPS) is 12.6. The third-order valence-corrected chi connectivity index (χ3v) is 3.90. The topological polar surface area (TPSA) is 113 Å². The molecule has 0 fully saturated rings. The molecule has 2 atom stereocenters. The summed E-state index contributed by atoms with van der Waals surface area (Å²) in [7, 11) is 1.59. The first-order valence-corrected chi connectivity index (χ1v) is 9.38.